The first-order chi connectivity index (χ1) is 7.25. The normalized spacial score (nSPS) is 16.9. The monoisotopic (exact) mass is 201 g/mol. The molecular weight excluding hydrogens is 186 g/mol. The van der Waals surface area contributed by atoms with Crippen LogP contribution in [0.25, 0.3) is 11.0 Å². The third-order valence-corrected chi connectivity index (χ3v) is 3.24. The summed E-state index contributed by atoms with van der Waals surface area (Å²) in [6.07, 6.45) is 1.94. The third kappa shape index (κ3) is 1.27. The average Bonchev–Trinajstić information content (AvgIpc) is 2.41. The van der Waals surface area contributed by atoms with E-state index in [1.54, 1.807) is 0 Å². The number of pyridine rings is 1. The van der Waals surface area contributed by atoms with Gasteiger partial charge in [0.2, 0.25) is 0 Å². The largest absolute Gasteiger partial charge is 0.332 e. The molecule has 2 aromatic heterocycles. The molecule has 0 unspecified atom stereocenters. The second kappa shape index (κ2) is 3.07. The van der Waals surface area contributed by atoms with Crippen molar-refractivity contribution in [3.05, 3.63) is 29.6 Å². The maximum absolute atomic E-state index is 4.48. The molecule has 15 heavy (non-hydrogen) atoms. The molecule has 3 heteroatoms. The number of hydrogen-bond acceptors (Lipinski definition) is 2. The Morgan fingerprint density at radius 2 is 2.20 bits per heavy atom. The minimum absolute atomic E-state index is 0.671. The third-order valence-electron chi connectivity index (χ3n) is 3.24. The van der Waals surface area contributed by atoms with Crippen LogP contribution in [0, 0.1) is 6.92 Å². The van der Waals surface area contributed by atoms with Gasteiger partial charge in [-0.15, -0.1) is 0 Å². The van der Waals surface area contributed by atoms with Crippen molar-refractivity contribution in [3.63, 3.8) is 0 Å². The van der Waals surface area contributed by atoms with Crippen LogP contribution in [0.15, 0.2) is 18.3 Å². The van der Waals surface area contributed by atoms with Crippen LogP contribution >= 0.6 is 0 Å². The SMILES string of the molecule is Cc1cnc2c(c1)cc(C1CNC1)n2C. The summed E-state index contributed by atoms with van der Waals surface area (Å²) in [7, 11) is 2.11. The van der Waals surface area contributed by atoms with Gasteiger partial charge in [0.15, 0.2) is 0 Å². The minimum atomic E-state index is 0.671. The molecule has 1 fully saturated rings. The second-order valence-corrected chi connectivity index (χ2v) is 4.41. The van der Waals surface area contributed by atoms with E-state index >= 15 is 0 Å². The lowest BCUT2D eigenvalue weighted by Gasteiger charge is -2.27. The smallest absolute Gasteiger partial charge is 0.139 e. The van der Waals surface area contributed by atoms with Crippen molar-refractivity contribution < 1.29 is 0 Å². The molecule has 3 rings (SSSR count). The van der Waals surface area contributed by atoms with Crippen LogP contribution in [-0.2, 0) is 7.05 Å². The first-order valence-corrected chi connectivity index (χ1v) is 5.38. The van der Waals surface area contributed by atoms with Gasteiger partial charge < -0.3 is 9.88 Å². The number of nitrogens with one attached hydrogen (secondary N) is 1. The van der Waals surface area contributed by atoms with Gasteiger partial charge in [-0.25, -0.2) is 4.98 Å². The molecule has 0 aliphatic carbocycles. The number of hydrogen-bond donors (Lipinski definition) is 1. The number of aromatic nitrogens is 2. The fourth-order valence-corrected chi connectivity index (χ4v) is 2.24. The average molecular weight is 201 g/mol. The molecule has 0 amide bonds. The quantitative estimate of drug-likeness (QED) is 0.759. The topological polar surface area (TPSA) is 29.9 Å². The maximum Gasteiger partial charge on any atom is 0.139 e. The van der Waals surface area contributed by atoms with E-state index in [0.717, 1.165) is 18.7 Å². The first-order valence-electron chi connectivity index (χ1n) is 5.38. The summed E-state index contributed by atoms with van der Waals surface area (Å²) >= 11 is 0. The standard InChI is InChI=1S/C12H15N3/c1-8-3-9-4-11(10-6-13-7-10)15(2)12(9)14-5-8/h3-5,10,13H,6-7H2,1-2H3. The van der Waals surface area contributed by atoms with Gasteiger partial charge in [0.25, 0.3) is 0 Å². The van der Waals surface area contributed by atoms with Crippen molar-refractivity contribution in [1.82, 2.24) is 14.9 Å². The molecule has 1 N–H and O–H groups in total. The van der Waals surface area contributed by atoms with Crippen molar-refractivity contribution in [2.24, 2.45) is 7.05 Å². The molecular formula is C12H15N3. The Morgan fingerprint density at radius 3 is 2.87 bits per heavy atom. The summed E-state index contributed by atoms with van der Waals surface area (Å²) in [6, 6.07) is 4.48. The maximum atomic E-state index is 4.48. The molecule has 78 valence electrons. The molecule has 3 heterocycles. The van der Waals surface area contributed by atoms with Crippen LogP contribution in [0.5, 0.6) is 0 Å². The van der Waals surface area contributed by atoms with Crippen LogP contribution in [0.4, 0.5) is 0 Å². The molecule has 1 saturated heterocycles. The van der Waals surface area contributed by atoms with E-state index in [2.05, 4.69) is 41.0 Å². The van der Waals surface area contributed by atoms with E-state index in [1.165, 1.54) is 16.6 Å². The predicted molar refractivity (Wildman–Crippen MR) is 61.1 cm³/mol. The Balaban J connectivity index is 2.19. The van der Waals surface area contributed by atoms with Gasteiger partial charge in [0, 0.05) is 43.3 Å². The first kappa shape index (κ1) is 8.92. The van der Waals surface area contributed by atoms with Crippen LogP contribution in [0.2, 0.25) is 0 Å². The highest BCUT2D eigenvalue weighted by atomic mass is 15.1. The van der Waals surface area contributed by atoms with Crippen molar-refractivity contribution in [2.45, 2.75) is 12.8 Å². The zero-order valence-corrected chi connectivity index (χ0v) is 9.12. The summed E-state index contributed by atoms with van der Waals surface area (Å²) in [6.45, 7) is 4.29. The van der Waals surface area contributed by atoms with Crippen LogP contribution < -0.4 is 5.32 Å². The molecule has 0 bridgehead atoms. The fourth-order valence-electron chi connectivity index (χ4n) is 2.24. The lowest BCUT2D eigenvalue weighted by Crippen LogP contribution is -2.40. The minimum Gasteiger partial charge on any atom is -0.332 e. The Bertz CT molecular complexity index is 509. The summed E-state index contributed by atoms with van der Waals surface area (Å²) in [5, 5.41) is 4.57. The lowest BCUT2D eigenvalue weighted by molar-refractivity contribution is 0.432. The van der Waals surface area contributed by atoms with Gasteiger partial charge in [0.1, 0.15) is 5.65 Å². The van der Waals surface area contributed by atoms with Gasteiger partial charge in [-0.2, -0.15) is 0 Å². The lowest BCUT2D eigenvalue weighted by atomic mass is 9.99. The Labute approximate surface area is 89.1 Å². The molecule has 0 saturated carbocycles. The van der Waals surface area contributed by atoms with Crippen molar-refractivity contribution in [3.8, 4) is 0 Å². The highest BCUT2D eigenvalue weighted by molar-refractivity contribution is 5.78. The van der Waals surface area contributed by atoms with Gasteiger partial charge in [-0.1, -0.05) is 0 Å². The molecule has 0 aromatic carbocycles. The molecule has 0 radical (unpaired) electrons. The van der Waals surface area contributed by atoms with Crippen molar-refractivity contribution in [2.75, 3.05) is 13.1 Å². The van der Waals surface area contributed by atoms with Crippen LogP contribution in [-0.4, -0.2) is 22.6 Å². The van der Waals surface area contributed by atoms with Gasteiger partial charge in [-0.3, -0.25) is 0 Å². The van der Waals surface area contributed by atoms with Gasteiger partial charge in [-0.05, 0) is 24.6 Å². The fraction of sp³-hybridized carbons (Fsp3) is 0.417. The van der Waals surface area contributed by atoms with Crippen molar-refractivity contribution in [1.29, 1.82) is 0 Å². The molecule has 3 nitrogen and oxygen atoms in total. The zero-order valence-electron chi connectivity index (χ0n) is 9.12. The van der Waals surface area contributed by atoms with E-state index in [9.17, 15) is 0 Å². The van der Waals surface area contributed by atoms with Crippen LogP contribution in [0.1, 0.15) is 17.2 Å². The summed E-state index contributed by atoms with van der Waals surface area (Å²) in [4.78, 5) is 4.48. The van der Waals surface area contributed by atoms with Gasteiger partial charge in [0.05, 0.1) is 0 Å². The van der Waals surface area contributed by atoms with E-state index in [-0.39, 0.29) is 0 Å². The number of fused-ring (bicyclic) bond motifs is 1. The second-order valence-electron chi connectivity index (χ2n) is 4.41. The number of rotatable bonds is 1. The van der Waals surface area contributed by atoms with Crippen molar-refractivity contribution >= 4 is 11.0 Å². The van der Waals surface area contributed by atoms with Crippen LogP contribution in [0.3, 0.4) is 0 Å². The molecule has 1 aliphatic rings. The highest BCUT2D eigenvalue weighted by Crippen LogP contribution is 2.26. The Hall–Kier alpha value is -1.35. The summed E-state index contributed by atoms with van der Waals surface area (Å²) in [5.41, 5.74) is 3.73. The molecule has 1 aliphatic heterocycles. The van der Waals surface area contributed by atoms with E-state index in [1.807, 2.05) is 6.20 Å². The Kier molecular flexibility index (Phi) is 1.83. The number of aryl methyl sites for hydroxylation is 2. The molecule has 2 aromatic rings. The summed E-state index contributed by atoms with van der Waals surface area (Å²) in [5.74, 6) is 0.671. The predicted octanol–water partition coefficient (Wildman–Crippen LogP) is 1.57. The van der Waals surface area contributed by atoms with Gasteiger partial charge >= 0.3 is 0 Å². The summed E-state index contributed by atoms with van der Waals surface area (Å²) < 4.78 is 2.22. The van der Waals surface area contributed by atoms with E-state index in [0.29, 0.717) is 5.92 Å². The Morgan fingerprint density at radius 1 is 1.40 bits per heavy atom. The van der Waals surface area contributed by atoms with E-state index in [4.69, 9.17) is 0 Å². The molecule has 0 spiro atoms. The zero-order chi connectivity index (χ0) is 10.4. The molecule has 0 atom stereocenters. The highest BCUT2D eigenvalue weighted by Gasteiger charge is 2.22. The van der Waals surface area contributed by atoms with E-state index < -0.39 is 0 Å². The number of nitrogens with zero attached hydrogens (tertiary/aromatic N) is 2.